The lowest BCUT2D eigenvalue weighted by molar-refractivity contribution is -0.142. The molecule has 0 aliphatic heterocycles. The van der Waals surface area contributed by atoms with Crippen LogP contribution in [-0.2, 0) is 21.2 Å². The second kappa shape index (κ2) is 11.9. The Morgan fingerprint density at radius 2 is 1.90 bits per heavy atom. The molecule has 0 amide bonds. The number of azide groups is 1. The molecule has 2 rings (SSSR count). The molecule has 0 aliphatic carbocycles. The molecular formula is C20H25N5O4S. The van der Waals surface area contributed by atoms with Crippen LogP contribution in [0, 0.1) is 5.92 Å². The lowest BCUT2D eigenvalue weighted by Gasteiger charge is -2.12. The second-order valence-electron chi connectivity index (χ2n) is 6.87. The van der Waals surface area contributed by atoms with Gasteiger partial charge in [-0.15, -0.1) is 0 Å². The van der Waals surface area contributed by atoms with Crippen LogP contribution in [0.5, 0.6) is 0 Å². The van der Waals surface area contributed by atoms with Crippen molar-refractivity contribution in [1.29, 1.82) is 0 Å². The summed E-state index contributed by atoms with van der Waals surface area (Å²) in [5.74, 6) is -1.26. The van der Waals surface area contributed by atoms with Crippen molar-refractivity contribution in [2.24, 2.45) is 11.0 Å². The third-order valence-corrected chi connectivity index (χ3v) is 6.15. The van der Waals surface area contributed by atoms with Gasteiger partial charge in [0.25, 0.3) is 0 Å². The zero-order chi connectivity index (χ0) is 21.8. The highest BCUT2D eigenvalue weighted by Crippen LogP contribution is 2.18. The fourth-order valence-electron chi connectivity index (χ4n) is 3.04. The Balaban J connectivity index is 1.72. The molecule has 0 bridgehead atoms. The zero-order valence-electron chi connectivity index (χ0n) is 16.5. The molecule has 0 aliphatic rings. The number of sulfonamides is 1. The summed E-state index contributed by atoms with van der Waals surface area (Å²) in [6, 6.07) is 9.43. The number of aromatic nitrogens is 1. The van der Waals surface area contributed by atoms with Gasteiger partial charge < -0.3 is 5.11 Å². The Morgan fingerprint density at radius 3 is 2.53 bits per heavy atom. The Labute approximate surface area is 175 Å². The van der Waals surface area contributed by atoms with E-state index in [1.165, 1.54) is 24.3 Å². The first-order valence-corrected chi connectivity index (χ1v) is 11.2. The fraction of sp³-hybridized carbons (Fsp3) is 0.400. The van der Waals surface area contributed by atoms with Gasteiger partial charge in [-0.3, -0.25) is 9.78 Å². The SMILES string of the molecule is [N-]=[N+]=Nc1ccc(S(=O)(=O)NCCCCC(CCCc2cccnc2)C(=O)O)cc1. The van der Waals surface area contributed by atoms with E-state index in [1.54, 1.807) is 12.4 Å². The van der Waals surface area contributed by atoms with Gasteiger partial charge >= 0.3 is 5.97 Å². The quantitative estimate of drug-likeness (QED) is 0.211. The summed E-state index contributed by atoms with van der Waals surface area (Å²) < 4.78 is 27.0. The summed E-state index contributed by atoms with van der Waals surface area (Å²) in [4.78, 5) is 18.2. The van der Waals surface area contributed by atoms with E-state index in [0.717, 1.165) is 18.4 Å². The summed E-state index contributed by atoms with van der Waals surface area (Å²) in [6.45, 7) is 0.225. The Kier molecular flexibility index (Phi) is 9.27. The fourth-order valence-corrected chi connectivity index (χ4v) is 4.11. The van der Waals surface area contributed by atoms with Crippen LogP contribution in [0.3, 0.4) is 0 Å². The lowest BCUT2D eigenvalue weighted by Crippen LogP contribution is -2.25. The molecule has 2 N–H and O–H groups in total. The zero-order valence-corrected chi connectivity index (χ0v) is 17.3. The van der Waals surface area contributed by atoms with Crippen molar-refractivity contribution in [3.8, 4) is 0 Å². The van der Waals surface area contributed by atoms with Gasteiger partial charge in [0.15, 0.2) is 0 Å². The smallest absolute Gasteiger partial charge is 0.306 e. The van der Waals surface area contributed by atoms with Crippen LogP contribution in [-0.4, -0.2) is 31.0 Å². The molecule has 10 heteroatoms. The Morgan fingerprint density at radius 1 is 1.17 bits per heavy atom. The third kappa shape index (κ3) is 7.82. The molecule has 0 saturated heterocycles. The highest BCUT2D eigenvalue weighted by Gasteiger charge is 2.17. The van der Waals surface area contributed by atoms with Crippen molar-refractivity contribution in [3.05, 3.63) is 64.8 Å². The van der Waals surface area contributed by atoms with Crippen molar-refractivity contribution in [2.45, 2.75) is 43.4 Å². The largest absolute Gasteiger partial charge is 0.481 e. The predicted octanol–water partition coefficient (Wildman–Crippen LogP) is 4.20. The van der Waals surface area contributed by atoms with Crippen LogP contribution in [0.15, 0.2) is 58.8 Å². The second-order valence-corrected chi connectivity index (χ2v) is 8.63. The van der Waals surface area contributed by atoms with Gasteiger partial charge in [-0.1, -0.05) is 29.7 Å². The van der Waals surface area contributed by atoms with Crippen LogP contribution in [0.4, 0.5) is 5.69 Å². The van der Waals surface area contributed by atoms with Gasteiger partial charge in [0.1, 0.15) is 0 Å². The maximum atomic E-state index is 12.3. The number of carboxylic acids is 1. The van der Waals surface area contributed by atoms with E-state index < -0.39 is 21.9 Å². The first kappa shape index (κ1) is 23.3. The summed E-state index contributed by atoms with van der Waals surface area (Å²) in [5.41, 5.74) is 9.80. The van der Waals surface area contributed by atoms with Crippen LogP contribution < -0.4 is 4.72 Å². The van der Waals surface area contributed by atoms with E-state index in [-0.39, 0.29) is 11.4 Å². The van der Waals surface area contributed by atoms with Crippen molar-refractivity contribution in [1.82, 2.24) is 9.71 Å². The molecule has 1 unspecified atom stereocenters. The van der Waals surface area contributed by atoms with Crippen molar-refractivity contribution >= 4 is 21.7 Å². The number of nitrogens with one attached hydrogen (secondary N) is 1. The minimum absolute atomic E-state index is 0.0817. The Bertz CT molecular complexity index is 958. The number of rotatable bonds is 13. The summed E-state index contributed by atoms with van der Waals surface area (Å²) in [5, 5.41) is 12.8. The first-order chi connectivity index (χ1) is 14.4. The van der Waals surface area contributed by atoms with Gasteiger partial charge in [0.05, 0.1) is 10.8 Å². The summed E-state index contributed by atoms with van der Waals surface area (Å²) >= 11 is 0. The average molecular weight is 432 g/mol. The molecule has 1 atom stereocenters. The molecule has 30 heavy (non-hydrogen) atoms. The van der Waals surface area contributed by atoms with Crippen LogP contribution >= 0.6 is 0 Å². The van der Waals surface area contributed by atoms with E-state index >= 15 is 0 Å². The minimum Gasteiger partial charge on any atom is -0.481 e. The number of unbranched alkanes of at least 4 members (excludes halogenated alkanes) is 1. The molecule has 0 spiro atoms. The standard InChI is InChI=1S/C20H25N5O4S/c21-25-24-18-9-11-19(12-10-18)30(28,29)23-14-2-1-7-17(20(26)27)8-3-5-16-6-4-13-22-15-16/h4,6,9-13,15,17,23H,1-3,5,7-8,14H2,(H,26,27). The maximum Gasteiger partial charge on any atom is 0.306 e. The van der Waals surface area contributed by atoms with E-state index in [2.05, 4.69) is 19.7 Å². The monoisotopic (exact) mass is 431 g/mol. The molecule has 2 aromatic rings. The molecule has 0 saturated carbocycles. The van der Waals surface area contributed by atoms with Crippen LogP contribution in [0.1, 0.15) is 37.7 Å². The van der Waals surface area contributed by atoms with E-state index in [0.29, 0.717) is 31.4 Å². The number of carbonyl (C=O) groups is 1. The molecule has 9 nitrogen and oxygen atoms in total. The van der Waals surface area contributed by atoms with E-state index in [9.17, 15) is 18.3 Å². The van der Waals surface area contributed by atoms with Gasteiger partial charge in [-0.05, 0) is 61.4 Å². The van der Waals surface area contributed by atoms with Crippen molar-refractivity contribution < 1.29 is 18.3 Å². The molecule has 160 valence electrons. The lowest BCUT2D eigenvalue weighted by atomic mass is 9.95. The molecule has 1 aromatic carbocycles. The van der Waals surface area contributed by atoms with E-state index in [4.69, 9.17) is 5.53 Å². The number of pyridine rings is 1. The maximum absolute atomic E-state index is 12.3. The van der Waals surface area contributed by atoms with Gasteiger partial charge in [0.2, 0.25) is 10.0 Å². The third-order valence-electron chi connectivity index (χ3n) is 4.67. The predicted molar refractivity (Wildman–Crippen MR) is 113 cm³/mol. The number of hydrogen-bond donors (Lipinski definition) is 2. The first-order valence-electron chi connectivity index (χ1n) is 9.69. The highest BCUT2D eigenvalue weighted by molar-refractivity contribution is 7.89. The summed E-state index contributed by atoms with van der Waals surface area (Å²) in [7, 11) is -3.66. The highest BCUT2D eigenvalue weighted by atomic mass is 32.2. The van der Waals surface area contributed by atoms with Crippen LogP contribution in [0.2, 0.25) is 0 Å². The number of aliphatic carboxylic acids is 1. The summed E-state index contributed by atoms with van der Waals surface area (Å²) in [6.07, 6.45) is 7.28. The van der Waals surface area contributed by atoms with Gasteiger partial charge in [-0.25, -0.2) is 13.1 Å². The normalized spacial score (nSPS) is 12.1. The molecular weight excluding hydrogens is 406 g/mol. The minimum atomic E-state index is -3.66. The molecule has 1 heterocycles. The van der Waals surface area contributed by atoms with Gasteiger partial charge in [0, 0.05) is 29.5 Å². The average Bonchev–Trinajstić information content (AvgIpc) is 2.73. The van der Waals surface area contributed by atoms with Crippen molar-refractivity contribution in [3.63, 3.8) is 0 Å². The topological polar surface area (TPSA) is 145 Å². The van der Waals surface area contributed by atoms with Gasteiger partial charge in [-0.2, -0.15) is 0 Å². The number of hydrogen-bond acceptors (Lipinski definition) is 5. The van der Waals surface area contributed by atoms with Crippen LogP contribution in [0.25, 0.3) is 10.4 Å². The number of carboxylic acid groups (broad SMARTS) is 1. The molecule has 1 aromatic heterocycles. The number of nitrogens with zero attached hydrogens (tertiary/aromatic N) is 4. The molecule has 0 fully saturated rings. The van der Waals surface area contributed by atoms with E-state index in [1.807, 2.05) is 12.1 Å². The Hall–Kier alpha value is -2.94. The number of aryl methyl sites for hydroxylation is 1. The molecule has 0 radical (unpaired) electrons. The van der Waals surface area contributed by atoms with Crippen molar-refractivity contribution in [2.75, 3.05) is 6.54 Å². The number of benzene rings is 1.